The molecule has 2 N–H and O–H groups in total. The van der Waals surface area contributed by atoms with Gasteiger partial charge in [-0.05, 0) is 49.9 Å². The first-order valence-corrected chi connectivity index (χ1v) is 11.7. The molecule has 3 aromatic rings. The van der Waals surface area contributed by atoms with Gasteiger partial charge in [0, 0.05) is 61.3 Å². The first-order chi connectivity index (χ1) is 15.7. The number of hydrogen-bond donors (Lipinski definition) is 2. The van der Waals surface area contributed by atoms with Crippen LogP contribution in [0, 0.1) is 0 Å². The van der Waals surface area contributed by atoms with E-state index >= 15 is 0 Å². The third-order valence-electron chi connectivity index (χ3n) is 7.08. The van der Waals surface area contributed by atoms with Crippen LogP contribution in [0.5, 0.6) is 5.75 Å². The molecule has 2 unspecified atom stereocenters. The van der Waals surface area contributed by atoms with Crippen LogP contribution in [0.15, 0.2) is 42.7 Å². The molecule has 1 amide bonds. The molecule has 1 aromatic carbocycles. The maximum atomic E-state index is 12.8. The SMILES string of the molecule is CCn1ccc2cc(C(=O)N[C@@H]3COc4cc(N5CC6CCC(C5)N6)ccc4C3)cnc21. The number of carbonyl (C=O) groups excluding carboxylic acids is 1. The van der Waals surface area contributed by atoms with E-state index in [2.05, 4.69) is 50.2 Å². The first-order valence-electron chi connectivity index (χ1n) is 11.7. The lowest BCUT2D eigenvalue weighted by atomic mass is 10.0. The smallest absolute Gasteiger partial charge is 0.253 e. The zero-order valence-corrected chi connectivity index (χ0v) is 18.4. The number of rotatable bonds is 4. The summed E-state index contributed by atoms with van der Waals surface area (Å²) >= 11 is 0. The van der Waals surface area contributed by atoms with Gasteiger partial charge < -0.3 is 24.8 Å². The van der Waals surface area contributed by atoms with E-state index in [-0.39, 0.29) is 11.9 Å². The van der Waals surface area contributed by atoms with Crippen LogP contribution in [0.4, 0.5) is 5.69 Å². The van der Waals surface area contributed by atoms with Gasteiger partial charge in [0.25, 0.3) is 5.91 Å². The van der Waals surface area contributed by atoms with Crippen LogP contribution in [0.2, 0.25) is 0 Å². The van der Waals surface area contributed by atoms with E-state index in [9.17, 15) is 4.79 Å². The Labute approximate surface area is 187 Å². The second-order valence-electron chi connectivity index (χ2n) is 9.26. The van der Waals surface area contributed by atoms with Crippen LogP contribution in [-0.4, -0.2) is 53.3 Å². The molecule has 6 rings (SSSR count). The average molecular weight is 432 g/mol. The van der Waals surface area contributed by atoms with Gasteiger partial charge in [0.2, 0.25) is 0 Å². The minimum Gasteiger partial charge on any atom is -0.491 e. The normalized spacial score (nSPS) is 24.3. The molecule has 2 saturated heterocycles. The molecule has 7 heteroatoms. The molecule has 0 saturated carbocycles. The van der Waals surface area contributed by atoms with Crippen molar-refractivity contribution in [3.63, 3.8) is 0 Å². The number of hydrogen-bond acceptors (Lipinski definition) is 5. The number of anilines is 1. The molecule has 7 nitrogen and oxygen atoms in total. The van der Waals surface area contributed by atoms with E-state index in [1.807, 2.05) is 18.3 Å². The van der Waals surface area contributed by atoms with Crippen molar-refractivity contribution in [3.8, 4) is 5.75 Å². The van der Waals surface area contributed by atoms with E-state index in [0.29, 0.717) is 24.3 Å². The maximum absolute atomic E-state index is 12.8. The summed E-state index contributed by atoms with van der Waals surface area (Å²) in [6.45, 7) is 5.55. The lowest BCUT2D eigenvalue weighted by Gasteiger charge is -2.35. The number of amides is 1. The van der Waals surface area contributed by atoms with Crippen molar-refractivity contribution < 1.29 is 9.53 Å². The van der Waals surface area contributed by atoms with Crippen LogP contribution in [-0.2, 0) is 13.0 Å². The molecular formula is C25H29N5O2. The van der Waals surface area contributed by atoms with Crippen molar-refractivity contribution in [2.45, 2.75) is 50.9 Å². The molecule has 0 spiro atoms. The van der Waals surface area contributed by atoms with E-state index in [4.69, 9.17) is 4.74 Å². The van der Waals surface area contributed by atoms with Crippen molar-refractivity contribution in [2.24, 2.45) is 0 Å². The van der Waals surface area contributed by atoms with Crippen molar-refractivity contribution in [3.05, 3.63) is 53.9 Å². The Bertz CT molecular complexity index is 1160. The van der Waals surface area contributed by atoms with E-state index in [0.717, 1.165) is 48.4 Å². The number of pyridine rings is 1. The van der Waals surface area contributed by atoms with E-state index in [1.54, 1.807) is 6.20 Å². The largest absolute Gasteiger partial charge is 0.491 e. The number of carbonyl (C=O) groups is 1. The van der Waals surface area contributed by atoms with E-state index in [1.165, 1.54) is 18.5 Å². The highest BCUT2D eigenvalue weighted by Crippen LogP contribution is 2.32. The molecule has 5 heterocycles. The third-order valence-corrected chi connectivity index (χ3v) is 7.08. The topological polar surface area (TPSA) is 71.4 Å². The van der Waals surface area contributed by atoms with Gasteiger partial charge >= 0.3 is 0 Å². The molecule has 2 bridgehead atoms. The second-order valence-corrected chi connectivity index (χ2v) is 9.26. The number of aromatic nitrogens is 2. The summed E-state index contributed by atoms with van der Waals surface area (Å²) in [5.41, 5.74) is 3.88. The Balaban J connectivity index is 1.13. The molecule has 0 aliphatic carbocycles. The van der Waals surface area contributed by atoms with Gasteiger partial charge in [-0.15, -0.1) is 0 Å². The maximum Gasteiger partial charge on any atom is 0.253 e. The van der Waals surface area contributed by atoms with Crippen LogP contribution in [0.3, 0.4) is 0 Å². The predicted molar refractivity (Wildman–Crippen MR) is 124 cm³/mol. The van der Waals surface area contributed by atoms with Gasteiger partial charge in [0.1, 0.15) is 18.0 Å². The molecule has 3 aliphatic rings. The van der Waals surface area contributed by atoms with Gasteiger partial charge in [-0.2, -0.15) is 0 Å². The molecule has 3 atom stereocenters. The highest BCUT2D eigenvalue weighted by Gasteiger charge is 2.32. The average Bonchev–Trinajstić information content (AvgIpc) is 3.39. The fourth-order valence-corrected chi connectivity index (χ4v) is 5.38. The minimum atomic E-state index is -0.103. The standard InChI is InChI=1S/C25H29N5O2/c1-2-29-8-7-17-9-18(12-26-24(17)29)25(31)28-21-10-16-3-6-22(11-23(16)32-15-21)30-13-19-4-5-20(14-30)27-19/h3,6-9,11-12,19-21,27H,2,4-5,10,13-15H2,1H3,(H,28,31)/t19?,20?,21-/m0/s1. The Morgan fingerprint density at radius 2 is 2.06 bits per heavy atom. The fraction of sp³-hybridized carbons (Fsp3) is 0.440. The Morgan fingerprint density at radius 1 is 1.22 bits per heavy atom. The van der Waals surface area contributed by atoms with Crippen molar-refractivity contribution in [2.75, 3.05) is 24.6 Å². The Morgan fingerprint density at radius 3 is 2.88 bits per heavy atom. The second kappa shape index (κ2) is 7.81. The lowest BCUT2D eigenvalue weighted by Crippen LogP contribution is -2.51. The van der Waals surface area contributed by atoms with Crippen molar-refractivity contribution in [1.29, 1.82) is 0 Å². The number of nitrogens with one attached hydrogen (secondary N) is 2. The molecule has 2 fully saturated rings. The van der Waals surface area contributed by atoms with Crippen LogP contribution in [0.25, 0.3) is 11.0 Å². The zero-order valence-electron chi connectivity index (χ0n) is 18.4. The molecular weight excluding hydrogens is 402 g/mol. The molecule has 0 radical (unpaired) electrons. The minimum absolute atomic E-state index is 0.0492. The number of piperazine rings is 1. The van der Waals surface area contributed by atoms with Gasteiger partial charge in [-0.3, -0.25) is 4.79 Å². The van der Waals surface area contributed by atoms with E-state index < -0.39 is 0 Å². The summed E-state index contributed by atoms with van der Waals surface area (Å²) in [4.78, 5) is 19.8. The molecule has 32 heavy (non-hydrogen) atoms. The van der Waals surface area contributed by atoms with Gasteiger partial charge in [0.15, 0.2) is 0 Å². The third kappa shape index (κ3) is 3.50. The van der Waals surface area contributed by atoms with Crippen LogP contribution in [0.1, 0.15) is 35.7 Å². The summed E-state index contributed by atoms with van der Waals surface area (Å²) in [7, 11) is 0. The zero-order chi connectivity index (χ0) is 21.7. The molecule has 2 aromatic heterocycles. The quantitative estimate of drug-likeness (QED) is 0.665. The number of benzene rings is 1. The van der Waals surface area contributed by atoms with Crippen LogP contribution >= 0.6 is 0 Å². The van der Waals surface area contributed by atoms with Crippen molar-refractivity contribution in [1.82, 2.24) is 20.2 Å². The highest BCUT2D eigenvalue weighted by atomic mass is 16.5. The number of ether oxygens (including phenoxy) is 1. The summed E-state index contributed by atoms with van der Waals surface area (Å²) in [5.74, 6) is 0.844. The number of fused-ring (bicyclic) bond motifs is 4. The predicted octanol–water partition coefficient (Wildman–Crippen LogP) is 2.73. The van der Waals surface area contributed by atoms with Crippen LogP contribution < -0.4 is 20.3 Å². The van der Waals surface area contributed by atoms with Gasteiger partial charge in [0.05, 0.1) is 11.6 Å². The fourth-order valence-electron chi connectivity index (χ4n) is 5.38. The summed E-state index contributed by atoms with van der Waals surface area (Å²) in [6.07, 6.45) is 6.99. The number of nitrogens with zero attached hydrogens (tertiary/aromatic N) is 3. The highest BCUT2D eigenvalue weighted by molar-refractivity contribution is 5.97. The lowest BCUT2D eigenvalue weighted by molar-refractivity contribution is 0.0915. The Kier molecular flexibility index (Phi) is 4.79. The monoisotopic (exact) mass is 431 g/mol. The molecule has 166 valence electrons. The summed E-state index contributed by atoms with van der Waals surface area (Å²) in [5, 5.41) is 7.80. The number of aryl methyl sites for hydroxylation is 1. The summed E-state index contributed by atoms with van der Waals surface area (Å²) < 4.78 is 8.16. The van der Waals surface area contributed by atoms with Crippen molar-refractivity contribution >= 4 is 22.6 Å². The van der Waals surface area contributed by atoms with Gasteiger partial charge in [-0.25, -0.2) is 4.98 Å². The summed E-state index contributed by atoms with van der Waals surface area (Å²) in [6, 6.07) is 11.6. The first kappa shape index (κ1) is 19.6. The van der Waals surface area contributed by atoms with Gasteiger partial charge in [-0.1, -0.05) is 6.07 Å². The Hall–Kier alpha value is -3.06. The molecule has 3 aliphatic heterocycles.